The van der Waals surface area contributed by atoms with E-state index in [4.69, 9.17) is 5.26 Å². The van der Waals surface area contributed by atoms with Crippen LogP contribution in [0.5, 0.6) is 0 Å². The number of carbonyl (C=O) groups is 1. The molecule has 0 saturated carbocycles. The van der Waals surface area contributed by atoms with E-state index in [1.165, 1.54) is 0 Å². The first-order valence-electron chi connectivity index (χ1n) is 6.67. The van der Waals surface area contributed by atoms with Crippen molar-refractivity contribution in [2.75, 3.05) is 0 Å². The lowest BCUT2D eigenvalue weighted by Gasteiger charge is -2.04. The van der Waals surface area contributed by atoms with Crippen molar-refractivity contribution in [3.8, 4) is 17.3 Å². The third kappa shape index (κ3) is 3.12. The van der Waals surface area contributed by atoms with Crippen molar-refractivity contribution in [2.24, 2.45) is 5.92 Å². The van der Waals surface area contributed by atoms with Crippen LogP contribution in [0.25, 0.3) is 11.3 Å². The third-order valence-electron chi connectivity index (χ3n) is 3.14. The number of aromatic nitrogens is 2. The Labute approximate surface area is 118 Å². The summed E-state index contributed by atoms with van der Waals surface area (Å²) in [7, 11) is 0. The molecule has 0 amide bonds. The summed E-state index contributed by atoms with van der Waals surface area (Å²) in [6.45, 7) is 5.12. The number of hydrogen-bond acceptors (Lipinski definition) is 3. The number of hydrogen-bond donors (Lipinski definition) is 0. The van der Waals surface area contributed by atoms with Crippen molar-refractivity contribution in [3.05, 3.63) is 41.6 Å². The standard InChI is InChI=1S/C16H17N3O/c1-12(2)7-8-19-10-15(11-20)16(18-19)14-5-3-13(9-17)4-6-14/h3-6,10-12H,7-8H2,1-2H3. The summed E-state index contributed by atoms with van der Waals surface area (Å²) in [4.78, 5) is 11.2. The van der Waals surface area contributed by atoms with Gasteiger partial charge in [0.1, 0.15) is 5.69 Å². The molecule has 4 heteroatoms. The molecule has 0 aliphatic heterocycles. The minimum absolute atomic E-state index is 0.582. The van der Waals surface area contributed by atoms with Gasteiger partial charge in [-0.2, -0.15) is 10.4 Å². The molecule has 0 fully saturated rings. The van der Waals surface area contributed by atoms with Gasteiger partial charge in [-0.05, 0) is 24.5 Å². The lowest BCUT2D eigenvalue weighted by molar-refractivity contribution is 0.112. The monoisotopic (exact) mass is 267 g/mol. The van der Waals surface area contributed by atoms with Gasteiger partial charge < -0.3 is 0 Å². The molecule has 0 N–H and O–H groups in total. The SMILES string of the molecule is CC(C)CCn1cc(C=O)c(-c2ccc(C#N)cc2)n1. The summed E-state index contributed by atoms with van der Waals surface area (Å²) in [5.41, 5.74) is 2.71. The molecular weight excluding hydrogens is 250 g/mol. The van der Waals surface area contributed by atoms with E-state index in [0.29, 0.717) is 22.7 Å². The average Bonchev–Trinajstić information content (AvgIpc) is 2.88. The molecule has 0 aliphatic rings. The first-order valence-corrected chi connectivity index (χ1v) is 6.67. The smallest absolute Gasteiger partial charge is 0.153 e. The molecule has 102 valence electrons. The zero-order valence-electron chi connectivity index (χ0n) is 11.7. The molecule has 1 aromatic heterocycles. The van der Waals surface area contributed by atoms with E-state index in [0.717, 1.165) is 24.8 Å². The Bertz CT molecular complexity index is 633. The summed E-state index contributed by atoms with van der Waals surface area (Å²) in [5, 5.41) is 13.3. The molecule has 20 heavy (non-hydrogen) atoms. The van der Waals surface area contributed by atoms with Crippen LogP contribution in [-0.2, 0) is 6.54 Å². The normalized spacial score (nSPS) is 10.5. The third-order valence-corrected chi connectivity index (χ3v) is 3.14. The number of benzene rings is 1. The maximum Gasteiger partial charge on any atom is 0.153 e. The number of nitrogens with zero attached hydrogens (tertiary/aromatic N) is 3. The highest BCUT2D eigenvalue weighted by Gasteiger charge is 2.11. The van der Waals surface area contributed by atoms with Crippen LogP contribution in [0.1, 0.15) is 36.2 Å². The summed E-state index contributed by atoms with van der Waals surface area (Å²) in [6.07, 6.45) is 3.63. The minimum Gasteiger partial charge on any atom is -0.298 e. The van der Waals surface area contributed by atoms with Crippen LogP contribution in [0.15, 0.2) is 30.5 Å². The summed E-state index contributed by atoms with van der Waals surface area (Å²) >= 11 is 0. The molecule has 1 heterocycles. The summed E-state index contributed by atoms with van der Waals surface area (Å²) in [5.74, 6) is 0.595. The second-order valence-corrected chi connectivity index (χ2v) is 5.19. The Morgan fingerprint density at radius 2 is 2.05 bits per heavy atom. The van der Waals surface area contributed by atoms with E-state index in [1.807, 2.05) is 16.8 Å². The lowest BCUT2D eigenvalue weighted by atomic mass is 10.1. The van der Waals surface area contributed by atoms with Gasteiger partial charge in [-0.1, -0.05) is 26.0 Å². The zero-order valence-corrected chi connectivity index (χ0v) is 11.7. The van der Waals surface area contributed by atoms with Crippen LogP contribution < -0.4 is 0 Å². The highest BCUT2D eigenvalue weighted by atomic mass is 16.1. The predicted octanol–water partition coefficient (Wildman–Crippen LogP) is 3.28. The summed E-state index contributed by atoms with van der Waals surface area (Å²) < 4.78 is 1.82. The molecule has 0 bridgehead atoms. The molecule has 1 aromatic carbocycles. The second-order valence-electron chi connectivity index (χ2n) is 5.19. The van der Waals surface area contributed by atoms with Crippen LogP contribution in [0.2, 0.25) is 0 Å². The largest absolute Gasteiger partial charge is 0.298 e. The van der Waals surface area contributed by atoms with Crippen LogP contribution in [0.3, 0.4) is 0 Å². The zero-order chi connectivity index (χ0) is 14.5. The first-order chi connectivity index (χ1) is 9.63. The van der Waals surface area contributed by atoms with Crippen LogP contribution >= 0.6 is 0 Å². The molecule has 4 nitrogen and oxygen atoms in total. The number of aldehydes is 1. The van der Waals surface area contributed by atoms with E-state index >= 15 is 0 Å². The second kappa shape index (κ2) is 6.16. The van der Waals surface area contributed by atoms with Crippen LogP contribution in [-0.4, -0.2) is 16.1 Å². The Morgan fingerprint density at radius 3 is 2.60 bits per heavy atom. The lowest BCUT2D eigenvalue weighted by Crippen LogP contribution is -2.02. The van der Waals surface area contributed by atoms with Crippen molar-refractivity contribution in [1.29, 1.82) is 5.26 Å². The predicted molar refractivity (Wildman–Crippen MR) is 77.2 cm³/mol. The van der Waals surface area contributed by atoms with Crippen LogP contribution in [0.4, 0.5) is 0 Å². The van der Waals surface area contributed by atoms with Gasteiger partial charge >= 0.3 is 0 Å². The van der Waals surface area contributed by atoms with Gasteiger partial charge in [0.2, 0.25) is 0 Å². The Balaban J connectivity index is 2.30. The Morgan fingerprint density at radius 1 is 1.35 bits per heavy atom. The Hall–Kier alpha value is -2.41. The van der Waals surface area contributed by atoms with Crippen LogP contribution in [0, 0.1) is 17.2 Å². The number of carbonyl (C=O) groups excluding carboxylic acids is 1. The first kappa shape index (κ1) is 14.0. The van der Waals surface area contributed by atoms with Gasteiger partial charge in [0, 0.05) is 18.3 Å². The molecule has 0 radical (unpaired) electrons. The van der Waals surface area contributed by atoms with Crippen molar-refractivity contribution < 1.29 is 4.79 Å². The molecule has 0 spiro atoms. The highest BCUT2D eigenvalue weighted by Crippen LogP contribution is 2.21. The number of aryl methyl sites for hydroxylation is 1. The molecule has 0 unspecified atom stereocenters. The molecule has 2 rings (SSSR count). The van der Waals surface area contributed by atoms with Crippen molar-refractivity contribution in [1.82, 2.24) is 9.78 Å². The van der Waals surface area contributed by atoms with E-state index in [-0.39, 0.29) is 0 Å². The van der Waals surface area contributed by atoms with Crippen molar-refractivity contribution in [2.45, 2.75) is 26.8 Å². The molecule has 0 atom stereocenters. The maximum atomic E-state index is 11.2. The van der Waals surface area contributed by atoms with E-state index < -0.39 is 0 Å². The van der Waals surface area contributed by atoms with Crippen molar-refractivity contribution >= 4 is 6.29 Å². The van der Waals surface area contributed by atoms with E-state index in [2.05, 4.69) is 25.0 Å². The molecular formula is C16H17N3O. The average molecular weight is 267 g/mol. The Kier molecular flexibility index (Phi) is 4.31. The topological polar surface area (TPSA) is 58.7 Å². The van der Waals surface area contributed by atoms with Gasteiger partial charge in [-0.25, -0.2) is 0 Å². The fourth-order valence-corrected chi connectivity index (χ4v) is 1.96. The fraction of sp³-hybridized carbons (Fsp3) is 0.312. The van der Waals surface area contributed by atoms with Gasteiger partial charge in [0.15, 0.2) is 6.29 Å². The van der Waals surface area contributed by atoms with Gasteiger partial charge in [-0.15, -0.1) is 0 Å². The van der Waals surface area contributed by atoms with E-state index in [9.17, 15) is 4.79 Å². The minimum atomic E-state index is 0.582. The molecule has 0 saturated heterocycles. The van der Waals surface area contributed by atoms with Gasteiger partial charge in [0.05, 0.1) is 17.2 Å². The highest BCUT2D eigenvalue weighted by molar-refractivity contribution is 5.85. The summed E-state index contributed by atoms with van der Waals surface area (Å²) in [6, 6.07) is 9.18. The molecule has 0 aliphatic carbocycles. The maximum absolute atomic E-state index is 11.2. The van der Waals surface area contributed by atoms with Gasteiger partial charge in [-0.3, -0.25) is 9.48 Å². The van der Waals surface area contributed by atoms with E-state index in [1.54, 1.807) is 18.3 Å². The number of rotatable bonds is 5. The quantitative estimate of drug-likeness (QED) is 0.781. The fourth-order valence-electron chi connectivity index (χ4n) is 1.96. The molecule has 2 aromatic rings. The van der Waals surface area contributed by atoms with Crippen molar-refractivity contribution in [3.63, 3.8) is 0 Å². The van der Waals surface area contributed by atoms with Gasteiger partial charge in [0.25, 0.3) is 0 Å². The number of nitriles is 1.